The number of benzene rings is 1. The Hall–Kier alpha value is -1.22. The van der Waals surface area contributed by atoms with E-state index in [2.05, 4.69) is 5.32 Å². The lowest BCUT2D eigenvalue weighted by atomic mass is 9.92. The Kier molecular flexibility index (Phi) is 4.88. The van der Waals surface area contributed by atoms with Gasteiger partial charge in [0, 0.05) is 6.04 Å². The fourth-order valence-corrected chi connectivity index (χ4v) is 2.52. The topological polar surface area (TPSA) is 30.5 Å². The van der Waals surface area contributed by atoms with Crippen molar-refractivity contribution in [3.05, 3.63) is 24.3 Å². The summed E-state index contributed by atoms with van der Waals surface area (Å²) in [5, 5.41) is 3.36. The number of hydrogen-bond acceptors (Lipinski definition) is 3. The highest BCUT2D eigenvalue weighted by molar-refractivity contribution is 5.31. The van der Waals surface area contributed by atoms with Crippen molar-refractivity contribution in [3.8, 4) is 11.5 Å². The first-order valence-electron chi connectivity index (χ1n) is 6.90. The first kappa shape index (κ1) is 13.2. The van der Waals surface area contributed by atoms with Gasteiger partial charge in [-0.15, -0.1) is 0 Å². The minimum atomic E-state index is 0.293. The van der Waals surface area contributed by atoms with Crippen LogP contribution in [0.1, 0.15) is 32.6 Å². The molecule has 2 atom stereocenters. The van der Waals surface area contributed by atoms with E-state index in [1.165, 1.54) is 19.3 Å². The highest BCUT2D eigenvalue weighted by Crippen LogP contribution is 2.25. The van der Waals surface area contributed by atoms with Gasteiger partial charge in [0.25, 0.3) is 0 Å². The summed E-state index contributed by atoms with van der Waals surface area (Å²) in [6.07, 6.45) is 5.20. The molecule has 1 N–H and O–H groups in total. The molecule has 100 valence electrons. The van der Waals surface area contributed by atoms with Crippen LogP contribution < -0.4 is 14.8 Å². The Bertz CT molecular complexity index is 350. The van der Waals surface area contributed by atoms with E-state index in [0.29, 0.717) is 18.8 Å². The molecular weight excluding hydrogens is 226 g/mol. The van der Waals surface area contributed by atoms with Crippen molar-refractivity contribution in [1.29, 1.82) is 0 Å². The van der Waals surface area contributed by atoms with E-state index in [-0.39, 0.29) is 0 Å². The summed E-state index contributed by atoms with van der Waals surface area (Å²) in [7, 11) is 2.02. The van der Waals surface area contributed by atoms with Gasteiger partial charge in [0.15, 0.2) is 0 Å². The molecule has 0 aromatic heterocycles. The zero-order valence-electron chi connectivity index (χ0n) is 11.3. The van der Waals surface area contributed by atoms with Crippen molar-refractivity contribution in [1.82, 2.24) is 5.32 Å². The lowest BCUT2D eigenvalue weighted by Crippen LogP contribution is -2.43. The van der Waals surface area contributed by atoms with Crippen molar-refractivity contribution in [2.45, 2.75) is 44.8 Å². The number of ether oxygens (including phenoxy) is 2. The van der Waals surface area contributed by atoms with Crippen LogP contribution in [-0.4, -0.2) is 25.8 Å². The van der Waals surface area contributed by atoms with Gasteiger partial charge in [-0.3, -0.25) is 0 Å². The van der Waals surface area contributed by atoms with E-state index in [4.69, 9.17) is 9.47 Å². The lowest BCUT2D eigenvalue weighted by Gasteiger charge is -2.31. The molecular formula is C15H23NO2. The third-order valence-electron chi connectivity index (χ3n) is 3.50. The number of nitrogens with one attached hydrogen (secondary N) is 1. The van der Waals surface area contributed by atoms with Gasteiger partial charge in [-0.25, -0.2) is 0 Å². The predicted molar refractivity (Wildman–Crippen MR) is 73.3 cm³/mol. The highest BCUT2D eigenvalue weighted by Gasteiger charge is 2.25. The van der Waals surface area contributed by atoms with Gasteiger partial charge in [0.1, 0.15) is 17.6 Å². The normalized spacial score (nSPS) is 23.7. The van der Waals surface area contributed by atoms with Gasteiger partial charge in [0.05, 0.1) is 6.61 Å². The predicted octanol–water partition coefficient (Wildman–Crippen LogP) is 2.99. The fraction of sp³-hybridized carbons (Fsp3) is 0.600. The molecule has 2 unspecified atom stereocenters. The second-order valence-electron chi connectivity index (χ2n) is 4.74. The molecule has 0 radical (unpaired) electrons. The van der Waals surface area contributed by atoms with E-state index < -0.39 is 0 Å². The number of hydrogen-bond donors (Lipinski definition) is 1. The average molecular weight is 249 g/mol. The first-order chi connectivity index (χ1) is 8.83. The van der Waals surface area contributed by atoms with Gasteiger partial charge in [-0.1, -0.05) is 6.42 Å². The molecule has 0 heterocycles. The monoisotopic (exact) mass is 249 g/mol. The molecule has 18 heavy (non-hydrogen) atoms. The van der Waals surface area contributed by atoms with Crippen LogP contribution in [0.5, 0.6) is 11.5 Å². The van der Waals surface area contributed by atoms with Crippen LogP contribution in [0.4, 0.5) is 0 Å². The molecule has 1 aliphatic carbocycles. The van der Waals surface area contributed by atoms with Crippen molar-refractivity contribution in [2.75, 3.05) is 13.7 Å². The molecule has 1 aromatic carbocycles. The molecule has 0 amide bonds. The molecule has 2 rings (SSSR count). The van der Waals surface area contributed by atoms with Crippen LogP contribution >= 0.6 is 0 Å². The largest absolute Gasteiger partial charge is 0.494 e. The molecule has 0 spiro atoms. The minimum Gasteiger partial charge on any atom is -0.494 e. The second-order valence-corrected chi connectivity index (χ2v) is 4.74. The summed E-state index contributed by atoms with van der Waals surface area (Å²) < 4.78 is 11.5. The van der Waals surface area contributed by atoms with Gasteiger partial charge in [0.2, 0.25) is 0 Å². The smallest absolute Gasteiger partial charge is 0.120 e. The number of likely N-dealkylation sites (N-methyl/N-ethyl adjacent to an activating group) is 1. The quantitative estimate of drug-likeness (QED) is 0.870. The summed E-state index contributed by atoms with van der Waals surface area (Å²) in [6, 6.07) is 8.40. The van der Waals surface area contributed by atoms with Crippen molar-refractivity contribution in [2.24, 2.45) is 0 Å². The highest BCUT2D eigenvalue weighted by atomic mass is 16.5. The Labute approximate surface area is 109 Å². The van der Waals surface area contributed by atoms with Gasteiger partial charge >= 0.3 is 0 Å². The Morgan fingerprint density at radius 3 is 2.44 bits per heavy atom. The van der Waals surface area contributed by atoms with E-state index >= 15 is 0 Å². The molecule has 3 heteroatoms. The molecule has 0 saturated heterocycles. The van der Waals surface area contributed by atoms with Crippen molar-refractivity contribution in [3.63, 3.8) is 0 Å². The SMILES string of the molecule is CCOc1ccc(OC2CCCCC2NC)cc1. The van der Waals surface area contributed by atoms with Gasteiger partial charge in [-0.2, -0.15) is 0 Å². The first-order valence-corrected chi connectivity index (χ1v) is 6.90. The zero-order chi connectivity index (χ0) is 12.8. The van der Waals surface area contributed by atoms with E-state index in [0.717, 1.165) is 17.9 Å². The second kappa shape index (κ2) is 6.64. The standard InChI is InChI=1S/C15H23NO2/c1-3-17-12-8-10-13(11-9-12)18-15-7-5-4-6-14(15)16-2/h8-11,14-16H,3-7H2,1-2H3. The molecule has 1 fully saturated rings. The summed E-state index contributed by atoms with van der Waals surface area (Å²) in [4.78, 5) is 0. The summed E-state index contributed by atoms with van der Waals surface area (Å²) >= 11 is 0. The third-order valence-corrected chi connectivity index (χ3v) is 3.50. The molecule has 3 nitrogen and oxygen atoms in total. The minimum absolute atomic E-state index is 0.293. The van der Waals surface area contributed by atoms with Crippen molar-refractivity contribution >= 4 is 0 Å². The van der Waals surface area contributed by atoms with Crippen LogP contribution in [-0.2, 0) is 0 Å². The van der Waals surface area contributed by atoms with Gasteiger partial charge < -0.3 is 14.8 Å². The van der Waals surface area contributed by atoms with Crippen molar-refractivity contribution < 1.29 is 9.47 Å². The fourth-order valence-electron chi connectivity index (χ4n) is 2.52. The van der Waals surface area contributed by atoms with Gasteiger partial charge in [-0.05, 0) is 57.5 Å². The molecule has 1 aliphatic rings. The van der Waals surface area contributed by atoms with Crippen LogP contribution in [0.15, 0.2) is 24.3 Å². The average Bonchev–Trinajstić information content (AvgIpc) is 2.42. The van der Waals surface area contributed by atoms with Crippen LogP contribution in [0.25, 0.3) is 0 Å². The van der Waals surface area contributed by atoms with Crippen LogP contribution in [0.2, 0.25) is 0 Å². The summed E-state index contributed by atoms with van der Waals surface area (Å²) in [6.45, 7) is 2.69. The maximum atomic E-state index is 6.07. The number of rotatable bonds is 5. The Morgan fingerprint density at radius 1 is 1.11 bits per heavy atom. The Balaban J connectivity index is 1.95. The van der Waals surface area contributed by atoms with E-state index in [9.17, 15) is 0 Å². The van der Waals surface area contributed by atoms with Crippen LogP contribution in [0.3, 0.4) is 0 Å². The third kappa shape index (κ3) is 3.39. The molecule has 1 aromatic rings. The zero-order valence-corrected chi connectivity index (χ0v) is 11.3. The Morgan fingerprint density at radius 2 is 1.78 bits per heavy atom. The van der Waals surface area contributed by atoms with E-state index in [1.807, 2.05) is 38.2 Å². The van der Waals surface area contributed by atoms with Crippen LogP contribution in [0, 0.1) is 0 Å². The molecule has 0 bridgehead atoms. The lowest BCUT2D eigenvalue weighted by molar-refractivity contribution is 0.118. The summed E-state index contributed by atoms with van der Waals surface area (Å²) in [5.74, 6) is 1.84. The molecule has 1 saturated carbocycles. The van der Waals surface area contributed by atoms with E-state index in [1.54, 1.807) is 0 Å². The maximum Gasteiger partial charge on any atom is 0.120 e. The summed E-state index contributed by atoms with van der Waals surface area (Å²) in [5.41, 5.74) is 0. The maximum absolute atomic E-state index is 6.07. The molecule has 0 aliphatic heterocycles.